The molecule has 0 fully saturated rings. The topological polar surface area (TPSA) is 110 Å². The summed E-state index contributed by atoms with van der Waals surface area (Å²) in [4.78, 5) is 14.1. The Balaban J connectivity index is 1.37. The lowest BCUT2D eigenvalue weighted by molar-refractivity contribution is -0.389. The monoisotopic (exact) mass is 370 g/mol. The zero-order chi connectivity index (χ0) is 19.0. The Morgan fingerprint density at radius 3 is 3.00 bits per heavy atom. The van der Waals surface area contributed by atoms with E-state index in [1.807, 2.05) is 38.1 Å². The van der Waals surface area contributed by atoms with Crippen molar-refractivity contribution in [1.82, 2.24) is 24.5 Å². The van der Waals surface area contributed by atoms with Gasteiger partial charge in [0.1, 0.15) is 29.8 Å². The van der Waals surface area contributed by atoms with Crippen LogP contribution < -0.4 is 9.47 Å². The van der Waals surface area contributed by atoms with Gasteiger partial charge in [-0.3, -0.25) is 4.57 Å². The number of nitro groups is 1. The van der Waals surface area contributed by atoms with Gasteiger partial charge in [0.15, 0.2) is 0 Å². The summed E-state index contributed by atoms with van der Waals surface area (Å²) in [6.07, 6.45) is 3.18. The van der Waals surface area contributed by atoms with E-state index in [4.69, 9.17) is 9.47 Å². The van der Waals surface area contributed by atoms with Crippen LogP contribution in [0.4, 0.5) is 5.82 Å². The molecule has 0 N–H and O–H groups in total. The van der Waals surface area contributed by atoms with Gasteiger partial charge in [0.25, 0.3) is 0 Å². The second-order valence-electron chi connectivity index (χ2n) is 6.83. The molecule has 0 bridgehead atoms. The first-order chi connectivity index (χ1) is 12.9. The molecule has 140 valence electrons. The number of imidazole rings is 1. The maximum absolute atomic E-state index is 10.8. The first-order valence-corrected chi connectivity index (χ1v) is 8.39. The number of rotatable bonds is 6. The number of aromatic nitrogens is 5. The van der Waals surface area contributed by atoms with Crippen LogP contribution in [0.2, 0.25) is 0 Å². The zero-order valence-electron chi connectivity index (χ0n) is 14.9. The van der Waals surface area contributed by atoms with Crippen molar-refractivity contribution in [2.75, 3.05) is 0 Å². The van der Waals surface area contributed by atoms with Gasteiger partial charge in [0.2, 0.25) is 0 Å². The lowest BCUT2D eigenvalue weighted by Gasteiger charge is -2.21. The summed E-state index contributed by atoms with van der Waals surface area (Å²) in [6.45, 7) is 5.09. The normalized spacial score (nSPS) is 18.1. The third kappa shape index (κ3) is 3.59. The number of aryl methyl sites for hydroxylation is 1. The lowest BCUT2D eigenvalue weighted by atomic mass is 10.1. The third-order valence-electron chi connectivity index (χ3n) is 4.22. The summed E-state index contributed by atoms with van der Waals surface area (Å²) in [7, 11) is 0. The van der Waals surface area contributed by atoms with Gasteiger partial charge in [-0.05, 0) is 36.5 Å². The molecule has 2 aromatic heterocycles. The Labute approximate surface area is 154 Å². The van der Waals surface area contributed by atoms with Crippen LogP contribution in [0, 0.1) is 17.0 Å². The molecule has 1 atom stereocenters. The predicted octanol–water partition coefficient (Wildman–Crippen LogP) is 2.12. The summed E-state index contributed by atoms with van der Waals surface area (Å²) < 4.78 is 14.9. The SMILES string of the molecule is Cc1cccc(OCc2cn(CC3(C)Cn4cc([N+](=O)[O-])nc4O3)nn2)c1. The Hall–Kier alpha value is -3.43. The minimum atomic E-state index is -0.611. The van der Waals surface area contributed by atoms with E-state index in [9.17, 15) is 10.1 Å². The molecule has 0 spiro atoms. The van der Waals surface area contributed by atoms with E-state index in [1.54, 1.807) is 15.4 Å². The van der Waals surface area contributed by atoms with E-state index in [0.29, 0.717) is 25.4 Å². The van der Waals surface area contributed by atoms with Crippen molar-refractivity contribution in [3.63, 3.8) is 0 Å². The van der Waals surface area contributed by atoms with Crippen molar-refractivity contribution in [1.29, 1.82) is 0 Å². The highest BCUT2D eigenvalue weighted by Crippen LogP contribution is 2.31. The Kier molecular flexibility index (Phi) is 4.02. The Morgan fingerprint density at radius 2 is 2.26 bits per heavy atom. The first kappa shape index (κ1) is 17.0. The fourth-order valence-corrected chi connectivity index (χ4v) is 3.05. The molecule has 10 nitrogen and oxygen atoms in total. The molecule has 4 rings (SSSR count). The number of nitrogens with zero attached hydrogens (tertiary/aromatic N) is 6. The number of ether oxygens (including phenoxy) is 2. The highest BCUT2D eigenvalue weighted by molar-refractivity contribution is 5.27. The molecule has 3 heterocycles. The van der Waals surface area contributed by atoms with Gasteiger partial charge < -0.3 is 19.6 Å². The number of hydrogen-bond acceptors (Lipinski definition) is 7. The van der Waals surface area contributed by atoms with Gasteiger partial charge in [0.05, 0.1) is 19.3 Å². The van der Waals surface area contributed by atoms with E-state index in [-0.39, 0.29) is 11.8 Å². The van der Waals surface area contributed by atoms with E-state index in [2.05, 4.69) is 15.3 Å². The average Bonchev–Trinajstić information content (AvgIpc) is 3.26. The second kappa shape index (κ2) is 6.38. The summed E-state index contributed by atoms with van der Waals surface area (Å²) in [5.74, 6) is 0.561. The predicted molar refractivity (Wildman–Crippen MR) is 93.4 cm³/mol. The van der Waals surface area contributed by atoms with Crippen LogP contribution >= 0.6 is 0 Å². The fourth-order valence-electron chi connectivity index (χ4n) is 3.05. The molecule has 1 aliphatic heterocycles. The average molecular weight is 370 g/mol. The first-order valence-electron chi connectivity index (χ1n) is 8.39. The summed E-state index contributed by atoms with van der Waals surface area (Å²) in [6, 6.07) is 8.04. The van der Waals surface area contributed by atoms with Crippen molar-refractivity contribution in [2.24, 2.45) is 0 Å². The van der Waals surface area contributed by atoms with Crippen molar-refractivity contribution >= 4 is 5.82 Å². The van der Waals surface area contributed by atoms with Crippen LogP contribution in [-0.4, -0.2) is 35.1 Å². The maximum atomic E-state index is 10.8. The number of hydrogen-bond donors (Lipinski definition) is 0. The summed E-state index contributed by atoms with van der Waals surface area (Å²) in [5.41, 5.74) is 1.21. The lowest BCUT2D eigenvalue weighted by Crippen LogP contribution is -2.36. The van der Waals surface area contributed by atoms with E-state index in [1.165, 1.54) is 6.20 Å². The molecule has 0 saturated carbocycles. The van der Waals surface area contributed by atoms with E-state index < -0.39 is 10.5 Å². The van der Waals surface area contributed by atoms with Crippen molar-refractivity contribution in [3.8, 4) is 11.8 Å². The molecule has 1 aromatic carbocycles. The smallest absolute Gasteiger partial charge is 0.415 e. The summed E-state index contributed by atoms with van der Waals surface area (Å²) >= 11 is 0. The minimum Gasteiger partial charge on any atom is -0.487 e. The molecular formula is C17H18N6O4. The molecule has 27 heavy (non-hydrogen) atoms. The molecule has 0 aliphatic carbocycles. The Bertz CT molecular complexity index is 971. The number of fused-ring (bicyclic) bond motifs is 1. The van der Waals surface area contributed by atoms with Crippen LogP contribution in [0.1, 0.15) is 18.2 Å². The van der Waals surface area contributed by atoms with Gasteiger partial charge >= 0.3 is 11.8 Å². The largest absolute Gasteiger partial charge is 0.487 e. The van der Waals surface area contributed by atoms with Crippen LogP contribution in [0.5, 0.6) is 11.8 Å². The molecule has 0 saturated heterocycles. The molecule has 10 heteroatoms. The zero-order valence-corrected chi connectivity index (χ0v) is 14.9. The van der Waals surface area contributed by atoms with Crippen molar-refractivity contribution in [2.45, 2.75) is 39.1 Å². The molecule has 1 unspecified atom stereocenters. The Morgan fingerprint density at radius 1 is 1.41 bits per heavy atom. The fraction of sp³-hybridized carbons (Fsp3) is 0.353. The molecule has 3 aromatic rings. The molecule has 0 radical (unpaired) electrons. The molecular weight excluding hydrogens is 352 g/mol. The van der Waals surface area contributed by atoms with Gasteiger partial charge in [-0.15, -0.1) is 5.10 Å². The molecule has 0 amide bonds. The maximum Gasteiger partial charge on any atom is 0.415 e. The standard InChI is InChI=1S/C17H18N6O4/c1-12-4-3-5-14(6-12)26-9-13-7-22(20-19-13)11-17(2)10-21-8-15(23(24)25)18-16(21)27-17/h3-8H,9-11H2,1-2H3. The minimum absolute atomic E-state index is 0.219. The van der Waals surface area contributed by atoms with Gasteiger partial charge in [0, 0.05) is 4.98 Å². The quantitative estimate of drug-likeness (QED) is 0.483. The van der Waals surface area contributed by atoms with Crippen LogP contribution in [0.15, 0.2) is 36.7 Å². The van der Waals surface area contributed by atoms with Crippen molar-refractivity contribution < 1.29 is 14.4 Å². The van der Waals surface area contributed by atoms with Gasteiger partial charge in [-0.1, -0.05) is 17.3 Å². The summed E-state index contributed by atoms with van der Waals surface area (Å²) in [5, 5.41) is 19.0. The van der Waals surface area contributed by atoms with Crippen LogP contribution in [0.25, 0.3) is 0 Å². The van der Waals surface area contributed by atoms with E-state index >= 15 is 0 Å². The third-order valence-corrected chi connectivity index (χ3v) is 4.22. The van der Waals surface area contributed by atoms with E-state index in [0.717, 1.165) is 11.3 Å². The second-order valence-corrected chi connectivity index (χ2v) is 6.83. The van der Waals surface area contributed by atoms with Crippen molar-refractivity contribution in [3.05, 3.63) is 58.0 Å². The van der Waals surface area contributed by atoms with Crippen LogP contribution in [-0.2, 0) is 19.7 Å². The van der Waals surface area contributed by atoms with Crippen LogP contribution in [0.3, 0.4) is 0 Å². The molecule has 1 aliphatic rings. The van der Waals surface area contributed by atoms with Gasteiger partial charge in [-0.2, -0.15) is 0 Å². The highest BCUT2D eigenvalue weighted by Gasteiger charge is 2.40. The number of benzene rings is 1. The van der Waals surface area contributed by atoms with Gasteiger partial charge in [-0.25, -0.2) is 4.68 Å². The highest BCUT2D eigenvalue weighted by atomic mass is 16.6.